The number of anilines is 1. The van der Waals surface area contributed by atoms with Crippen LogP contribution in [0.15, 0.2) is 24.3 Å². The van der Waals surface area contributed by atoms with Crippen LogP contribution in [0.3, 0.4) is 0 Å². The molecule has 0 aliphatic heterocycles. The molecule has 0 spiro atoms. The van der Waals surface area contributed by atoms with Crippen molar-refractivity contribution in [3.05, 3.63) is 29.8 Å². The summed E-state index contributed by atoms with van der Waals surface area (Å²) in [7, 11) is 1.64. The van der Waals surface area contributed by atoms with Gasteiger partial charge in [0.1, 0.15) is 6.61 Å². The molecule has 1 aromatic carbocycles. The van der Waals surface area contributed by atoms with Crippen LogP contribution in [0.25, 0.3) is 0 Å². The van der Waals surface area contributed by atoms with Gasteiger partial charge in [-0.05, 0) is 24.1 Å². The number of rotatable bonds is 35. The van der Waals surface area contributed by atoms with Gasteiger partial charge in [0.05, 0.1) is 139 Å². The number of ether oxygens (including phenoxy) is 12. The molecule has 46 heavy (non-hydrogen) atoms. The second-order valence-electron chi connectivity index (χ2n) is 9.43. The Kier molecular flexibility index (Phi) is 31.5. The normalized spacial score (nSPS) is 11.3. The highest BCUT2D eigenvalue weighted by molar-refractivity contribution is 5.84. The van der Waals surface area contributed by atoms with E-state index in [-0.39, 0.29) is 6.61 Å². The molecule has 1 amide bonds. The van der Waals surface area contributed by atoms with Gasteiger partial charge >= 0.3 is 6.09 Å². The number of carbonyl (C=O) groups is 1. The fourth-order valence-corrected chi connectivity index (χ4v) is 3.39. The van der Waals surface area contributed by atoms with Crippen molar-refractivity contribution in [2.75, 3.05) is 158 Å². The molecule has 0 aliphatic carbocycles. The molecule has 0 unspecified atom stereocenters. The van der Waals surface area contributed by atoms with Gasteiger partial charge in [0, 0.05) is 12.8 Å². The Hall–Kier alpha value is -1.95. The standard InChI is InChI=1S/C32H57NO13/c1-3-30-4-6-31(7-5-30)33-32(34)46-29-28-45-27-26-44-25-24-43-23-22-42-21-20-41-19-18-40-17-16-39-15-14-38-13-12-37-11-10-36-9-8-35-2/h4-7H,3,8-29H2,1-2H3,(H,33,34). The molecular weight excluding hydrogens is 606 g/mol. The Morgan fingerprint density at radius 2 is 0.739 bits per heavy atom. The van der Waals surface area contributed by atoms with Crippen LogP contribution in [0.5, 0.6) is 0 Å². The fourth-order valence-electron chi connectivity index (χ4n) is 3.39. The van der Waals surface area contributed by atoms with Crippen LogP contribution in [-0.2, 0) is 63.3 Å². The van der Waals surface area contributed by atoms with E-state index in [0.717, 1.165) is 6.42 Å². The smallest absolute Gasteiger partial charge is 0.411 e. The Morgan fingerprint density at radius 3 is 1.02 bits per heavy atom. The molecule has 1 aromatic rings. The van der Waals surface area contributed by atoms with Crippen molar-refractivity contribution in [3.63, 3.8) is 0 Å². The van der Waals surface area contributed by atoms with Gasteiger partial charge in [-0.3, -0.25) is 5.32 Å². The number of hydrogen-bond acceptors (Lipinski definition) is 13. The lowest BCUT2D eigenvalue weighted by molar-refractivity contribution is -0.0274. The maximum atomic E-state index is 11.8. The highest BCUT2D eigenvalue weighted by atomic mass is 16.6. The minimum absolute atomic E-state index is 0.166. The first-order chi connectivity index (χ1) is 22.8. The first kappa shape index (κ1) is 42.1. The van der Waals surface area contributed by atoms with Crippen molar-refractivity contribution in [3.8, 4) is 0 Å². The third kappa shape index (κ3) is 29.5. The lowest BCUT2D eigenvalue weighted by Crippen LogP contribution is -2.18. The Labute approximate surface area is 274 Å². The molecule has 0 saturated heterocycles. The first-order valence-corrected chi connectivity index (χ1v) is 16.0. The lowest BCUT2D eigenvalue weighted by Gasteiger charge is -2.09. The van der Waals surface area contributed by atoms with Crippen LogP contribution in [-0.4, -0.2) is 159 Å². The molecular formula is C32H57NO13. The van der Waals surface area contributed by atoms with Crippen molar-refractivity contribution in [2.45, 2.75) is 13.3 Å². The molecule has 1 rings (SSSR count). The maximum Gasteiger partial charge on any atom is 0.411 e. The summed E-state index contributed by atoms with van der Waals surface area (Å²) in [5.41, 5.74) is 1.91. The first-order valence-electron chi connectivity index (χ1n) is 16.0. The Morgan fingerprint density at radius 1 is 0.457 bits per heavy atom. The van der Waals surface area contributed by atoms with Gasteiger partial charge in [0.15, 0.2) is 0 Å². The molecule has 14 nitrogen and oxygen atoms in total. The second-order valence-corrected chi connectivity index (χ2v) is 9.43. The zero-order valence-corrected chi connectivity index (χ0v) is 27.9. The Bertz CT molecular complexity index is 773. The quantitative estimate of drug-likeness (QED) is 0.107. The van der Waals surface area contributed by atoms with E-state index in [1.165, 1.54) is 5.56 Å². The monoisotopic (exact) mass is 663 g/mol. The summed E-state index contributed by atoms with van der Waals surface area (Å²) < 4.78 is 64.3. The number of nitrogens with one attached hydrogen (secondary N) is 1. The summed E-state index contributed by atoms with van der Waals surface area (Å²) in [4.78, 5) is 11.8. The topological polar surface area (TPSA) is 140 Å². The van der Waals surface area contributed by atoms with E-state index in [1.54, 1.807) is 7.11 Å². The van der Waals surface area contributed by atoms with Crippen LogP contribution < -0.4 is 5.32 Å². The average Bonchev–Trinajstić information content (AvgIpc) is 3.07. The van der Waals surface area contributed by atoms with Gasteiger partial charge in [-0.1, -0.05) is 19.1 Å². The van der Waals surface area contributed by atoms with Crippen LogP contribution in [0.1, 0.15) is 12.5 Å². The average molecular weight is 664 g/mol. The molecule has 0 radical (unpaired) electrons. The third-order valence-electron chi connectivity index (χ3n) is 5.85. The fraction of sp³-hybridized carbons (Fsp3) is 0.781. The van der Waals surface area contributed by atoms with Gasteiger partial charge in [0.25, 0.3) is 0 Å². The summed E-state index contributed by atoms with van der Waals surface area (Å²) >= 11 is 0. The zero-order valence-electron chi connectivity index (χ0n) is 27.9. The maximum absolute atomic E-state index is 11.8. The summed E-state index contributed by atoms with van der Waals surface area (Å²) in [6.07, 6.45) is 0.445. The van der Waals surface area contributed by atoms with E-state index in [1.807, 2.05) is 24.3 Å². The number of hydrogen-bond donors (Lipinski definition) is 1. The number of amides is 1. The predicted octanol–water partition coefficient (Wildman–Crippen LogP) is 2.61. The van der Waals surface area contributed by atoms with Gasteiger partial charge in [-0.25, -0.2) is 4.79 Å². The van der Waals surface area contributed by atoms with Crippen molar-refractivity contribution in [1.82, 2.24) is 0 Å². The van der Waals surface area contributed by atoms with E-state index in [2.05, 4.69) is 12.2 Å². The van der Waals surface area contributed by atoms with Crippen LogP contribution >= 0.6 is 0 Å². The number of aryl methyl sites for hydroxylation is 1. The summed E-state index contributed by atoms with van der Waals surface area (Å²) in [5.74, 6) is 0. The molecule has 0 aliphatic rings. The van der Waals surface area contributed by atoms with Gasteiger partial charge in [-0.2, -0.15) is 0 Å². The summed E-state index contributed by atoms with van der Waals surface area (Å²) in [5, 5.41) is 2.68. The third-order valence-corrected chi connectivity index (χ3v) is 5.85. The van der Waals surface area contributed by atoms with E-state index < -0.39 is 6.09 Å². The molecule has 268 valence electrons. The van der Waals surface area contributed by atoms with E-state index in [9.17, 15) is 4.79 Å². The minimum atomic E-state index is -0.505. The minimum Gasteiger partial charge on any atom is -0.447 e. The van der Waals surface area contributed by atoms with E-state index in [0.29, 0.717) is 144 Å². The molecule has 0 fully saturated rings. The molecule has 0 aromatic heterocycles. The Balaban J connectivity index is 1.66. The summed E-state index contributed by atoms with van der Waals surface area (Å²) in [6.45, 7) is 12.6. The van der Waals surface area contributed by atoms with Crippen molar-refractivity contribution < 1.29 is 61.6 Å². The molecule has 14 heteroatoms. The molecule has 1 N–H and O–H groups in total. The zero-order chi connectivity index (χ0) is 33.0. The molecule has 0 heterocycles. The molecule has 0 bridgehead atoms. The van der Waals surface area contributed by atoms with Crippen molar-refractivity contribution >= 4 is 11.8 Å². The predicted molar refractivity (Wildman–Crippen MR) is 171 cm³/mol. The van der Waals surface area contributed by atoms with E-state index >= 15 is 0 Å². The number of methoxy groups -OCH3 is 1. The molecule has 0 saturated carbocycles. The van der Waals surface area contributed by atoms with E-state index in [4.69, 9.17) is 56.8 Å². The summed E-state index contributed by atoms with van der Waals surface area (Å²) in [6, 6.07) is 7.64. The highest BCUT2D eigenvalue weighted by Gasteiger charge is 2.03. The van der Waals surface area contributed by atoms with Gasteiger partial charge in [-0.15, -0.1) is 0 Å². The number of carbonyl (C=O) groups excluding carboxylic acids is 1. The number of benzene rings is 1. The lowest BCUT2D eigenvalue weighted by atomic mass is 10.1. The van der Waals surface area contributed by atoms with Crippen LogP contribution in [0.2, 0.25) is 0 Å². The van der Waals surface area contributed by atoms with Crippen molar-refractivity contribution in [2.24, 2.45) is 0 Å². The van der Waals surface area contributed by atoms with Crippen LogP contribution in [0, 0.1) is 0 Å². The molecule has 0 atom stereocenters. The highest BCUT2D eigenvalue weighted by Crippen LogP contribution is 2.10. The van der Waals surface area contributed by atoms with Gasteiger partial charge in [0.2, 0.25) is 0 Å². The largest absolute Gasteiger partial charge is 0.447 e. The van der Waals surface area contributed by atoms with Gasteiger partial charge < -0.3 is 56.8 Å². The van der Waals surface area contributed by atoms with Crippen LogP contribution in [0.4, 0.5) is 10.5 Å². The SMILES string of the molecule is CCc1ccc(NC(=O)OCCOCCOCCOCCOCCOCCOCCOCCOCCOCCOCCOC)cc1. The second kappa shape index (κ2) is 34.4. The van der Waals surface area contributed by atoms with Crippen molar-refractivity contribution in [1.29, 1.82) is 0 Å².